The molecule has 1 heteroatoms. The maximum Gasteiger partial charge on any atom is 0.0158 e. The summed E-state index contributed by atoms with van der Waals surface area (Å²) in [6.07, 6.45) is 6.76. The first-order valence-electron chi connectivity index (χ1n) is 8.30. The fraction of sp³-hybridized carbons (Fsp3) is 0.500. The molecular weight excluding hydrogens is 254 g/mol. The molecule has 2 aromatic rings. The lowest BCUT2D eigenvalue weighted by Gasteiger charge is -2.46. The van der Waals surface area contributed by atoms with Crippen molar-refractivity contribution < 1.29 is 0 Å². The summed E-state index contributed by atoms with van der Waals surface area (Å²) in [4.78, 5) is 2.41. The molecule has 0 aromatic heterocycles. The van der Waals surface area contributed by atoms with Crippen LogP contribution in [-0.4, -0.2) is 25.0 Å². The van der Waals surface area contributed by atoms with Crippen LogP contribution in [0, 0.1) is 0 Å². The average molecular weight is 281 g/mol. The molecule has 1 fully saturated rings. The molecule has 1 saturated carbocycles. The smallest absolute Gasteiger partial charge is 0.0158 e. The molecule has 0 aliphatic heterocycles. The van der Waals surface area contributed by atoms with Crippen LogP contribution in [0.25, 0.3) is 10.8 Å². The number of hydrogen-bond acceptors (Lipinski definition) is 1. The van der Waals surface area contributed by atoms with Crippen LogP contribution >= 0.6 is 0 Å². The molecule has 0 radical (unpaired) electrons. The van der Waals surface area contributed by atoms with Gasteiger partial charge in [0.05, 0.1) is 0 Å². The van der Waals surface area contributed by atoms with Gasteiger partial charge in [-0.15, -0.1) is 0 Å². The van der Waals surface area contributed by atoms with Crippen molar-refractivity contribution in [3.8, 4) is 0 Å². The Morgan fingerprint density at radius 1 is 0.905 bits per heavy atom. The van der Waals surface area contributed by atoms with Crippen molar-refractivity contribution >= 4 is 10.8 Å². The summed E-state index contributed by atoms with van der Waals surface area (Å²) in [5.41, 5.74) is 1.88. The number of benzene rings is 2. The third kappa shape index (κ3) is 2.48. The molecule has 21 heavy (non-hydrogen) atoms. The zero-order valence-electron chi connectivity index (χ0n) is 13.6. The van der Waals surface area contributed by atoms with E-state index < -0.39 is 0 Å². The van der Waals surface area contributed by atoms with Crippen molar-refractivity contribution in [2.24, 2.45) is 0 Å². The predicted molar refractivity (Wildman–Crippen MR) is 91.9 cm³/mol. The van der Waals surface area contributed by atoms with Gasteiger partial charge in [-0.05, 0) is 50.2 Å². The minimum absolute atomic E-state index is 0.308. The van der Waals surface area contributed by atoms with E-state index in [2.05, 4.69) is 68.4 Å². The van der Waals surface area contributed by atoms with Crippen LogP contribution in [0.15, 0.2) is 42.5 Å². The Morgan fingerprint density at radius 3 is 2.29 bits per heavy atom. The number of rotatable bonds is 3. The van der Waals surface area contributed by atoms with E-state index in [0.29, 0.717) is 11.5 Å². The molecule has 1 aliphatic rings. The molecule has 0 spiro atoms. The van der Waals surface area contributed by atoms with Gasteiger partial charge in [-0.3, -0.25) is 0 Å². The van der Waals surface area contributed by atoms with E-state index in [9.17, 15) is 0 Å². The first-order valence-corrected chi connectivity index (χ1v) is 8.30. The molecule has 3 rings (SSSR count). The highest BCUT2D eigenvalue weighted by atomic mass is 15.1. The first kappa shape index (κ1) is 14.6. The number of likely N-dealkylation sites (N-methyl/N-ethyl adjacent to an activating group) is 1. The Bertz CT molecular complexity index is 603. The lowest BCUT2D eigenvalue weighted by molar-refractivity contribution is 0.144. The summed E-state index contributed by atoms with van der Waals surface area (Å²) in [7, 11) is 4.46. The molecule has 0 N–H and O–H groups in total. The van der Waals surface area contributed by atoms with Gasteiger partial charge in [0.15, 0.2) is 0 Å². The third-order valence-corrected chi connectivity index (χ3v) is 5.65. The first-order chi connectivity index (χ1) is 10.1. The van der Waals surface area contributed by atoms with Crippen LogP contribution in [0.1, 0.15) is 44.6 Å². The monoisotopic (exact) mass is 281 g/mol. The molecule has 0 amide bonds. The second-order valence-corrected chi connectivity index (χ2v) is 6.88. The molecule has 0 bridgehead atoms. The van der Waals surface area contributed by atoms with Gasteiger partial charge in [0, 0.05) is 11.5 Å². The highest BCUT2D eigenvalue weighted by Crippen LogP contribution is 2.45. The van der Waals surface area contributed by atoms with Gasteiger partial charge in [0.1, 0.15) is 0 Å². The van der Waals surface area contributed by atoms with Crippen molar-refractivity contribution in [2.75, 3.05) is 14.1 Å². The molecule has 112 valence electrons. The quantitative estimate of drug-likeness (QED) is 0.766. The highest BCUT2D eigenvalue weighted by molar-refractivity contribution is 5.86. The number of nitrogens with zero attached hydrogens (tertiary/aromatic N) is 1. The van der Waals surface area contributed by atoms with Crippen LogP contribution < -0.4 is 0 Å². The van der Waals surface area contributed by atoms with Gasteiger partial charge in [-0.1, -0.05) is 61.7 Å². The Morgan fingerprint density at radius 2 is 1.57 bits per heavy atom. The molecule has 1 nitrogen and oxygen atoms in total. The largest absolute Gasteiger partial charge is 0.306 e. The highest BCUT2D eigenvalue weighted by Gasteiger charge is 2.40. The molecule has 1 aliphatic carbocycles. The summed E-state index contributed by atoms with van der Waals surface area (Å²) >= 11 is 0. The van der Waals surface area contributed by atoms with Crippen LogP contribution in [0.5, 0.6) is 0 Å². The zero-order valence-corrected chi connectivity index (χ0v) is 13.6. The molecule has 1 atom stereocenters. The fourth-order valence-electron chi connectivity index (χ4n) is 4.25. The lowest BCUT2D eigenvalue weighted by Crippen LogP contribution is -2.47. The third-order valence-electron chi connectivity index (χ3n) is 5.65. The minimum atomic E-state index is 0.308. The van der Waals surface area contributed by atoms with Gasteiger partial charge < -0.3 is 4.90 Å². The van der Waals surface area contributed by atoms with Crippen molar-refractivity contribution in [3.63, 3.8) is 0 Å². The molecule has 2 aromatic carbocycles. The second-order valence-electron chi connectivity index (χ2n) is 6.88. The Balaban J connectivity index is 2.19. The predicted octanol–water partition coefficient (Wildman–Crippen LogP) is 4.99. The SMILES string of the molecule is CC(N(C)C)C1(c2cccc3ccccc23)CCCCC1. The van der Waals surface area contributed by atoms with Crippen molar-refractivity contribution in [1.29, 1.82) is 0 Å². The van der Waals surface area contributed by atoms with Crippen LogP contribution in [-0.2, 0) is 5.41 Å². The van der Waals surface area contributed by atoms with Crippen LogP contribution in [0.3, 0.4) is 0 Å². The molecular formula is C20H27N. The summed E-state index contributed by atoms with van der Waals surface area (Å²) in [5, 5.41) is 2.83. The van der Waals surface area contributed by atoms with E-state index >= 15 is 0 Å². The maximum atomic E-state index is 2.41. The molecule has 0 heterocycles. The maximum absolute atomic E-state index is 2.41. The van der Waals surface area contributed by atoms with Crippen molar-refractivity contribution in [2.45, 2.75) is 50.5 Å². The van der Waals surface area contributed by atoms with Gasteiger partial charge in [-0.2, -0.15) is 0 Å². The van der Waals surface area contributed by atoms with Crippen molar-refractivity contribution in [3.05, 3.63) is 48.0 Å². The van der Waals surface area contributed by atoms with Crippen molar-refractivity contribution in [1.82, 2.24) is 4.90 Å². The molecule has 1 unspecified atom stereocenters. The van der Waals surface area contributed by atoms with E-state index in [1.165, 1.54) is 42.9 Å². The zero-order chi connectivity index (χ0) is 14.9. The normalized spacial score (nSPS) is 19.8. The van der Waals surface area contributed by atoms with E-state index in [1.54, 1.807) is 5.56 Å². The minimum Gasteiger partial charge on any atom is -0.306 e. The fourth-order valence-corrected chi connectivity index (χ4v) is 4.25. The van der Waals surface area contributed by atoms with E-state index in [0.717, 1.165) is 0 Å². The number of hydrogen-bond donors (Lipinski definition) is 0. The van der Waals surface area contributed by atoms with E-state index in [-0.39, 0.29) is 0 Å². The summed E-state index contributed by atoms with van der Waals surface area (Å²) in [6.45, 7) is 2.41. The van der Waals surface area contributed by atoms with Gasteiger partial charge in [-0.25, -0.2) is 0 Å². The number of fused-ring (bicyclic) bond motifs is 1. The average Bonchev–Trinajstić information content (AvgIpc) is 2.54. The van der Waals surface area contributed by atoms with Gasteiger partial charge >= 0.3 is 0 Å². The topological polar surface area (TPSA) is 3.24 Å². The second kappa shape index (κ2) is 5.81. The van der Waals surface area contributed by atoms with E-state index in [1.807, 2.05) is 0 Å². The Kier molecular flexibility index (Phi) is 4.03. The van der Waals surface area contributed by atoms with Gasteiger partial charge in [0.2, 0.25) is 0 Å². The molecule has 0 saturated heterocycles. The summed E-state index contributed by atoms with van der Waals surface area (Å²) < 4.78 is 0. The summed E-state index contributed by atoms with van der Waals surface area (Å²) in [6, 6.07) is 16.3. The van der Waals surface area contributed by atoms with E-state index in [4.69, 9.17) is 0 Å². The summed E-state index contributed by atoms with van der Waals surface area (Å²) in [5.74, 6) is 0. The Hall–Kier alpha value is -1.34. The van der Waals surface area contributed by atoms with Crippen LogP contribution in [0.4, 0.5) is 0 Å². The standard InChI is InChI=1S/C20H27N/c1-16(21(2)3)20(14-7-4-8-15-20)19-13-9-11-17-10-5-6-12-18(17)19/h5-6,9-13,16H,4,7-8,14-15H2,1-3H3. The van der Waals surface area contributed by atoms with Crippen LogP contribution in [0.2, 0.25) is 0 Å². The van der Waals surface area contributed by atoms with Gasteiger partial charge in [0.25, 0.3) is 0 Å². The Labute approximate surface area is 129 Å². The lowest BCUT2D eigenvalue weighted by atomic mass is 9.64.